The number of nitrogens with one attached hydrogen (secondary N) is 1. The molecule has 0 radical (unpaired) electrons. The molecule has 1 aliphatic rings. The molecule has 1 heterocycles. The fourth-order valence-electron chi connectivity index (χ4n) is 2.22. The van der Waals surface area contributed by atoms with Gasteiger partial charge in [0.15, 0.2) is 0 Å². The maximum Gasteiger partial charge on any atom is 0.234 e. The Bertz CT molecular complexity index is 320. The monoisotopic (exact) mass is 236 g/mol. The van der Waals surface area contributed by atoms with Crippen molar-refractivity contribution in [2.45, 2.75) is 38.6 Å². The molecule has 0 aromatic rings. The second-order valence-electron chi connectivity index (χ2n) is 4.51. The van der Waals surface area contributed by atoms with E-state index >= 15 is 0 Å². The Kier molecular flexibility index (Phi) is 5.71. The van der Waals surface area contributed by atoms with Crippen molar-refractivity contribution in [1.82, 2.24) is 10.2 Å². The zero-order valence-corrected chi connectivity index (χ0v) is 10.4. The summed E-state index contributed by atoms with van der Waals surface area (Å²) in [6.07, 6.45) is 8.86. The molecular formula is C13H20N2O2. The number of piperidine rings is 1. The fourth-order valence-corrected chi connectivity index (χ4v) is 2.22. The van der Waals surface area contributed by atoms with Gasteiger partial charge in [0.25, 0.3) is 0 Å². The average molecular weight is 236 g/mol. The van der Waals surface area contributed by atoms with E-state index < -0.39 is 0 Å². The highest BCUT2D eigenvalue weighted by Gasteiger charge is 2.24. The highest BCUT2D eigenvalue weighted by Crippen LogP contribution is 2.19. The van der Waals surface area contributed by atoms with Crippen LogP contribution in [0.15, 0.2) is 0 Å². The molecule has 1 atom stereocenters. The number of hydrogen-bond acceptors (Lipinski definition) is 3. The highest BCUT2D eigenvalue weighted by molar-refractivity contribution is 5.79. The molecule has 4 heteroatoms. The number of amides is 1. The Balaban J connectivity index is 2.45. The lowest BCUT2D eigenvalue weighted by atomic mass is 9.98. The molecule has 0 bridgehead atoms. The summed E-state index contributed by atoms with van der Waals surface area (Å²) in [5, 5.41) is 2.65. The van der Waals surface area contributed by atoms with Crippen LogP contribution >= 0.6 is 0 Å². The lowest BCUT2D eigenvalue weighted by molar-refractivity contribution is -0.124. The van der Waals surface area contributed by atoms with Crippen LogP contribution in [0.5, 0.6) is 0 Å². The van der Waals surface area contributed by atoms with Gasteiger partial charge in [-0.1, -0.05) is 12.3 Å². The maximum absolute atomic E-state index is 11.6. The fraction of sp³-hybridized carbons (Fsp3) is 0.692. The highest BCUT2D eigenvalue weighted by atomic mass is 16.2. The summed E-state index contributed by atoms with van der Waals surface area (Å²) >= 11 is 0. The predicted octanol–water partition coefficient (Wildman–Crippen LogP) is 0.569. The van der Waals surface area contributed by atoms with Gasteiger partial charge in [0.1, 0.15) is 5.78 Å². The Labute approximate surface area is 103 Å². The largest absolute Gasteiger partial charge is 0.344 e. The number of terminal acetylenes is 1. The lowest BCUT2D eigenvalue weighted by Crippen LogP contribution is -2.46. The molecular weight excluding hydrogens is 216 g/mol. The minimum Gasteiger partial charge on any atom is -0.344 e. The summed E-state index contributed by atoms with van der Waals surface area (Å²) in [5.74, 6) is 2.50. The van der Waals surface area contributed by atoms with Gasteiger partial charge >= 0.3 is 0 Å². The molecule has 1 N–H and O–H groups in total. The van der Waals surface area contributed by atoms with Crippen LogP contribution in [0.2, 0.25) is 0 Å². The molecule has 17 heavy (non-hydrogen) atoms. The molecule has 4 nitrogen and oxygen atoms in total. The van der Waals surface area contributed by atoms with Crippen LogP contribution in [0, 0.1) is 12.3 Å². The van der Waals surface area contributed by atoms with Gasteiger partial charge in [-0.2, -0.15) is 0 Å². The minimum atomic E-state index is -0.0570. The minimum absolute atomic E-state index is 0.0570. The molecule has 0 aromatic heterocycles. The van der Waals surface area contributed by atoms with E-state index in [2.05, 4.69) is 16.1 Å². The molecule has 1 saturated heterocycles. The third-order valence-corrected chi connectivity index (χ3v) is 3.01. The van der Waals surface area contributed by atoms with Gasteiger partial charge in [-0.3, -0.25) is 14.5 Å². The van der Waals surface area contributed by atoms with E-state index in [0.717, 1.165) is 25.8 Å². The molecule has 0 aromatic carbocycles. The van der Waals surface area contributed by atoms with Crippen LogP contribution < -0.4 is 5.32 Å². The van der Waals surface area contributed by atoms with Crippen molar-refractivity contribution < 1.29 is 9.59 Å². The smallest absolute Gasteiger partial charge is 0.234 e. The van der Waals surface area contributed by atoms with Crippen LogP contribution in [0.25, 0.3) is 0 Å². The molecule has 1 unspecified atom stereocenters. The van der Waals surface area contributed by atoms with Crippen molar-refractivity contribution in [2.75, 3.05) is 19.6 Å². The third kappa shape index (κ3) is 5.01. The number of carbonyl (C=O) groups excluding carboxylic acids is 2. The van der Waals surface area contributed by atoms with Gasteiger partial charge in [-0.05, 0) is 26.3 Å². The summed E-state index contributed by atoms with van der Waals surface area (Å²) in [7, 11) is 0. The average Bonchev–Trinajstić information content (AvgIpc) is 2.28. The zero-order chi connectivity index (χ0) is 12.7. The first-order chi connectivity index (χ1) is 8.13. The second-order valence-corrected chi connectivity index (χ2v) is 4.51. The normalized spacial score (nSPS) is 20.6. The standard InChI is InChI=1S/C13H20N2O2/c1-3-7-14-13(17)10-15-8-5-4-6-12(15)9-11(2)16/h1,12H,4-10H2,2H3,(H,14,17). The Hall–Kier alpha value is -1.34. The summed E-state index contributed by atoms with van der Waals surface area (Å²) in [5.41, 5.74) is 0. The number of nitrogens with zero attached hydrogens (tertiary/aromatic N) is 1. The van der Waals surface area contributed by atoms with E-state index in [1.54, 1.807) is 6.92 Å². The van der Waals surface area contributed by atoms with Crippen LogP contribution in [0.4, 0.5) is 0 Å². The van der Waals surface area contributed by atoms with Crippen LogP contribution in [-0.4, -0.2) is 42.3 Å². The zero-order valence-electron chi connectivity index (χ0n) is 10.4. The number of rotatable bonds is 5. The molecule has 1 fully saturated rings. The van der Waals surface area contributed by atoms with Crippen molar-refractivity contribution in [3.05, 3.63) is 0 Å². The van der Waals surface area contributed by atoms with Crippen molar-refractivity contribution in [3.8, 4) is 12.3 Å². The number of hydrogen-bond donors (Lipinski definition) is 1. The van der Waals surface area contributed by atoms with Crippen LogP contribution in [0.3, 0.4) is 0 Å². The molecule has 1 aliphatic heterocycles. The van der Waals surface area contributed by atoms with E-state index in [1.165, 1.54) is 0 Å². The molecule has 0 saturated carbocycles. The number of Topliss-reactive ketones (excluding diaryl/α,β-unsaturated/α-hetero) is 1. The molecule has 0 aliphatic carbocycles. The summed E-state index contributed by atoms with van der Waals surface area (Å²) in [6, 6.07) is 0.220. The van der Waals surface area contributed by atoms with Crippen molar-refractivity contribution in [1.29, 1.82) is 0 Å². The maximum atomic E-state index is 11.6. The van der Waals surface area contributed by atoms with E-state index in [0.29, 0.717) is 13.0 Å². The van der Waals surface area contributed by atoms with Crippen molar-refractivity contribution in [2.24, 2.45) is 0 Å². The van der Waals surface area contributed by atoms with Crippen molar-refractivity contribution in [3.63, 3.8) is 0 Å². The number of likely N-dealkylation sites (tertiary alicyclic amines) is 1. The van der Waals surface area contributed by atoms with E-state index in [4.69, 9.17) is 6.42 Å². The number of ketones is 1. The lowest BCUT2D eigenvalue weighted by Gasteiger charge is -2.34. The van der Waals surface area contributed by atoms with Gasteiger partial charge < -0.3 is 5.32 Å². The number of carbonyl (C=O) groups is 2. The molecule has 1 rings (SSSR count). The Morgan fingerprint density at radius 1 is 1.47 bits per heavy atom. The van der Waals surface area contributed by atoms with Gasteiger partial charge in [-0.15, -0.1) is 6.42 Å². The van der Waals surface area contributed by atoms with Crippen LogP contribution in [0.1, 0.15) is 32.6 Å². The third-order valence-electron chi connectivity index (χ3n) is 3.01. The first-order valence-electron chi connectivity index (χ1n) is 6.07. The van der Waals surface area contributed by atoms with Crippen LogP contribution in [-0.2, 0) is 9.59 Å². The molecule has 94 valence electrons. The molecule has 0 spiro atoms. The second kappa shape index (κ2) is 7.08. The summed E-state index contributed by atoms with van der Waals surface area (Å²) in [4.78, 5) is 24.8. The quantitative estimate of drug-likeness (QED) is 0.710. The summed E-state index contributed by atoms with van der Waals surface area (Å²) < 4.78 is 0. The van der Waals surface area contributed by atoms with Gasteiger partial charge in [0.05, 0.1) is 13.1 Å². The van der Waals surface area contributed by atoms with E-state index in [-0.39, 0.29) is 24.3 Å². The topological polar surface area (TPSA) is 49.4 Å². The van der Waals surface area contributed by atoms with E-state index in [1.807, 2.05) is 0 Å². The first kappa shape index (κ1) is 13.7. The van der Waals surface area contributed by atoms with E-state index in [9.17, 15) is 9.59 Å². The molecule has 1 amide bonds. The Morgan fingerprint density at radius 2 is 2.24 bits per heavy atom. The summed E-state index contributed by atoms with van der Waals surface area (Å²) in [6.45, 7) is 3.11. The SMILES string of the molecule is C#CCNC(=O)CN1CCCCC1CC(C)=O. The first-order valence-corrected chi connectivity index (χ1v) is 6.07. The van der Waals surface area contributed by atoms with Gasteiger partial charge in [0.2, 0.25) is 5.91 Å². The van der Waals surface area contributed by atoms with Gasteiger partial charge in [0, 0.05) is 12.5 Å². The predicted molar refractivity (Wildman–Crippen MR) is 66.4 cm³/mol. The van der Waals surface area contributed by atoms with Gasteiger partial charge in [-0.25, -0.2) is 0 Å². The van der Waals surface area contributed by atoms with Crippen molar-refractivity contribution >= 4 is 11.7 Å². The Morgan fingerprint density at radius 3 is 2.88 bits per heavy atom.